The van der Waals surface area contributed by atoms with Crippen LogP contribution in [0.5, 0.6) is 0 Å². The first kappa shape index (κ1) is 17.4. The molecule has 1 fully saturated rings. The fourth-order valence-corrected chi connectivity index (χ4v) is 2.74. The first-order valence-electron chi connectivity index (χ1n) is 8.13. The topological polar surface area (TPSA) is 48.3 Å². The summed E-state index contributed by atoms with van der Waals surface area (Å²) in [7, 11) is 0. The van der Waals surface area contributed by atoms with Gasteiger partial charge in [-0.05, 0) is 52.1 Å². The Labute approximate surface area is 124 Å². The van der Waals surface area contributed by atoms with Crippen molar-refractivity contribution in [2.45, 2.75) is 64.5 Å². The lowest BCUT2D eigenvalue weighted by atomic mass is 9.96. The zero-order valence-corrected chi connectivity index (χ0v) is 13.5. The highest BCUT2D eigenvalue weighted by molar-refractivity contribution is 5.03. The molecule has 116 valence electrons. The van der Waals surface area contributed by atoms with Crippen molar-refractivity contribution >= 4 is 0 Å². The Hall–Kier alpha value is -0.630. The van der Waals surface area contributed by atoms with E-state index < -0.39 is 0 Å². The van der Waals surface area contributed by atoms with E-state index in [2.05, 4.69) is 30.1 Å². The summed E-state index contributed by atoms with van der Waals surface area (Å²) in [5, 5.41) is 12.7. The summed E-state index contributed by atoms with van der Waals surface area (Å²) in [6, 6.07) is 3.01. The van der Waals surface area contributed by atoms with Gasteiger partial charge < -0.3 is 4.74 Å². The van der Waals surface area contributed by atoms with E-state index in [0.717, 1.165) is 58.5 Å². The first-order chi connectivity index (χ1) is 9.65. The minimum absolute atomic E-state index is 0.356. The molecule has 4 nitrogen and oxygen atoms in total. The van der Waals surface area contributed by atoms with E-state index in [0.29, 0.717) is 6.04 Å². The Morgan fingerprint density at radius 1 is 1.40 bits per heavy atom. The average molecular weight is 281 g/mol. The lowest BCUT2D eigenvalue weighted by Crippen LogP contribution is -2.45. The lowest BCUT2D eigenvalue weighted by molar-refractivity contribution is -0.00928. The van der Waals surface area contributed by atoms with Crippen LogP contribution >= 0.6 is 0 Å². The highest BCUT2D eigenvalue weighted by Crippen LogP contribution is 2.15. The Kier molecular flexibility index (Phi) is 8.13. The number of hydrogen-bond donors (Lipinski definition) is 1. The molecule has 0 spiro atoms. The quantitative estimate of drug-likeness (QED) is 0.660. The molecule has 1 aliphatic rings. The van der Waals surface area contributed by atoms with E-state index >= 15 is 0 Å². The standard InChI is InChI=1S/C16H31N3O/c1-4-9-18-16(3,14-17)8-6-7-10-19-11-12-20-13-15(19)5-2/h15,18H,4-13H2,1-3H3. The lowest BCUT2D eigenvalue weighted by Gasteiger charge is -2.35. The smallest absolute Gasteiger partial charge is 0.103 e. The molecule has 1 heterocycles. The first-order valence-corrected chi connectivity index (χ1v) is 8.13. The molecule has 0 aromatic carbocycles. The molecule has 1 saturated heterocycles. The van der Waals surface area contributed by atoms with Gasteiger partial charge in [-0.1, -0.05) is 13.8 Å². The molecule has 4 heteroatoms. The zero-order chi connectivity index (χ0) is 14.8. The van der Waals surface area contributed by atoms with Crippen LogP contribution in [0, 0.1) is 11.3 Å². The Morgan fingerprint density at radius 2 is 2.20 bits per heavy atom. The predicted octanol–water partition coefficient (Wildman–Crippen LogP) is 2.55. The van der Waals surface area contributed by atoms with Gasteiger partial charge in [0, 0.05) is 12.6 Å². The van der Waals surface area contributed by atoms with Crippen LogP contribution < -0.4 is 5.32 Å². The molecule has 0 amide bonds. The van der Waals surface area contributed by atoms with Gasteiger partial charge in [-0.15, -0.1) is 0 Å². The molecule has 1 aliphatic heterocycles. The third-order valence-corrected chi connectivity index (χ3v) is 4.20. The van der Waals surface area contributed by atoms with Gasteiger partial charge in [-0.25, -0.2) is 0 Å². The molecule has 0 aromatic rings. The largest absolute Gasteiger partial charge is 0.378 e. The molecular formula is C16H31N3O. The highest BCUT2D eigenvalue weighted by Gasteiger charge is 2.23. The summed E-state index contributed by atoms with van der Waals surface area (Å²) in [5.74, 6) is 0. The minimum atomic E-state index is -0.356. The van der Waals surface area contributed by atoms with E-state index in [1.54, 1.807) is 0 Å². The van der Waals surface area contributed by atoms with Crippen molar-refractivity contribution in [3.63, 3.8) is 0 Å². The molecule has 0 bridgehead atoms. The van der Waals surface area contributed by atoms with E-state index in [4.69, 9.17) is 4.74 Å². The molecule has 20 heavy (non-hydrogen) atoms. The number of nitrogens with one attached hydrogen (secondary N) is 1. The molecule has 2 unspecified atom stereocenters. The van der Waals surface area contributed by atoms with E-state index in [1.165, 1.54) is 6.42 Å². The summed E-state index contributed by atoms with van der Waals surface area (Å²) in [5.41, 5.74) is -0.356. The molecule has 0 aliphatic carbocycles. The minimum Gasteiger partial charge on any atom is -0.378 e. The van der Waals surface area contributed by atoms with Crippen molar-refractivity contribution in [3.8, 4) is 6.07 Å². The molecule has 1 rings (SSSR count). The predicted molar refractivity (Wildman–Crippen MR) is 82.6 cm³/mol. The van der Waals surface area contributed by atoms with Crippen LogP contribution in [0.3, 0.4) is 0 Å². The second-order valence-electron chi connectivity index (χ2n) is 6.00. The van der Waals surface area contributed by atoms with E-state index in [-0.39, 0.29) is 5.54 Å². The average Bonchev–Trinajstić information content (AvgIpc) is 2.50. The maximum Gasteiger partial charge on any atom is 0.103 e. The molecular weight excluding hydrogens is 250 g/mol. The summed E-state index contributed by atoms with van der Waals surface area (Å²) < 4.78 is 5.53. The Bertz CT molecular complexity index is 303. The fraction of sp³-hybridized carbons (Fsp3) is 0.938. The molecule has 0 saturated carbocycles. The van der Waals surface area contributed by atoms with Gasteiger partial charge in [0.2, 0.25) is 0 Å². The second kappa shape index (κ2) is 9.33. The molecule has 1 N–H and O–H groups in total. The Balaban J connectivity index is 2.24. The van der Waals surface area contributed by atoms with Crippen molar-refractivity contribution in [1.82, 2.24) is 10.2 Å². The van der Waals surface area contributed by atoms with Crippen molar-refractivity contribution in [3.05, 3.63) is 0 Å². The van der Waals surface area contributed by atoms with Crippen molar-refractivity contribution in [1.29, 1.82) is 5.26 Å². The third-order valence-electron chi connectivity index (χ3n) is 4.20. The number of nitrogens with zero attached hydrogens (tertiary/aromatic N) is 2. The summed E-state index contributed by atoms with van der Waals surface area (Å²) in [6.45, 7) is 11.2. The number of rotatable bonds is 9. The maximum atomic E-state index is 9.30. The number of morpholine rings is 1. The van der Waals surface area contributed by atoms with Crippen molar-refractivity contribution < 1.29 is 4.74 Å². The van der Waals surface area contributed by atoms with Gasteiger partial charge >= 0.3 is 0 Å². The van der Waals surface area contributed by atoms with Crippen LogP contribution in [0.4, 0.5) is 0 Å². The van der Waals surface area contributed by atoms with E-state index in [1.807, 2.05) is 6.92 Å². The van der Waals surface area contributed by atoms with Crippen LogP contribution in [0.25, 0.3) is 0 Å². The van der Waals surface area contributed by atoms with Crippen LogP contribution in [0.1, 0.15) is 52.9 Å². The SMILES string of the molecule is CCCNC(C)(C#N)CCCCN1CCOCC1CC. The normalized spacial score (nSPS) is 23.2. The maximum absolute atomic E-state index is 9.30. The van der Waals surface area contributed by atoms with Gasteiger partial charge in [0.15, 0.2) is 0 Å². The summed E-state index contributed by atoms with van der Waals surface area (Å²) in [6.07, 6.45) is 5.44. The van der Waals surface area contributed by atoms with Crippen LogP contribution in [0.15, 0.2) is 0 Å². The number of ether oxygens (including phenoxy) is 1. The number of nitriles is 1. The number of hydrogen-bond acceptors (Lipinski definition) is 4. The Morgan fingerprint density at radius 3 is 2.85 bits per heavy atom. The third kappa shape index (κ3) is 5.78. The molecule has 0 radical (unpaired) electrons. The van der Waals surface area contributed by atoms with Gasteiger partial charge in [0.25, 0.3) is 0 Å². The fourth-order valence-electron chi connectivity index (χ4n) is 2.74. The molecule has 2 atom stereocenters. The molecule has 0 aromatic heterocycles. The summed E-state index contributed by atoms with van der Waals surface area (Å²) in [4.78, 5) is 2.55. The van der Waals surface area contributed by atoms with Crippen LogP contribution in [0.2, 0.25) is 0 Å². The second-order valence-corrected chi connectivity index (χ2v) is 6.00. The van der Waals surface area contributed by atoms with Crippen LogP contribution in [-0.4, -0.2) is 49.3 Å². The summed E-state index contributed by atoms with van der Waals surface area (Å²) >= 11 is 0. The van der Waals surface area contributed by atoms with Crippen LogP contribution in [-0.2, 0) is 4.74 Å². The monoisotopic (exact) mass is 281 g/mol. The van der Waals surface area contributed by atoms with Gasteiger partial charge in [-0.2, -0.15) is 5.26 Å². The van der Waals surface area contributed by atoms with Gasteiger partial charge in [0.05, 0.1) is 19.3 Å². The van der Waals surface area contributed by atoms with Crippen molar-refractivity contribution in [2.75, 3.05) is 32.8 Å². The van der Waals surface area contributed by atoms with Crippen molar-refractivity contribution in [2.24, 2.45) is 0 Å². The number of unbranched alkanes of at least 4 members (excludes halogenated alkanes) is 1. The van der Waals surface area contributed by atoms with Gasteiger partial charge in [-0.3, -0.25) is 10.2 Å². The van der Waals surface area contributed by atoms with Gasteiger partial charge in [0.1, 0.15) is 5.54 Å². The highest BCUT2D eigenvalue weighted by atomic mass is 16.5. The zero-order valence-electron chi connectivity index (χ0n) is 13.5. The van der Waals surface area contributed by atoms with E-state index in [9.17, 15) is 5.26 Å².